The van der Waals surface area contributed by atoms with Crippen molar-refractivity contribution in [3.63, 3.8) is 0 Å². The topological polar surface area (TPSA) is 83.7 Å². The number of rotatable bonds is 6. The Morgan fingerprint density at radius 3 is 2.44 bits per heavy atom. The third-order valence-corrected chi connectivity index (χ3v) is 3.60. The Labute approximate surface area is 152 Å². The molecule has 2 aromatic carbocycles. The molecule has 0 saturated heterocycles. The Kier molecular flexibility index (Phi) is 5.30. The van der Waals surface area contributed by atoms with Crippen molar-refractivity contribution < 1.29 is 32.3 Å². The summed E-state index contributed by atoms with van der Waals surface area (Å²) >= 11 is 0. The van der Waals surface area contributed by atoms with Crippen LogP contribution in [0.25, 0.3) is 11.4 Å². The number of methoxy groups -OCH3 is 2. The Morgan fingerprint density at radius 1 is 1.07 bits per heavy atom. The number of ether oxygens (including phenoxy) is 3. The number of carbonyl (C=O) groups is 1. The molecule has 0 spiro atoms. The largest absolute Gasteiger partial charge is 0.493 e. The van der Waals surface area contributed by atoms with Crippen LogP contribution in [0, 0.1) is 11.6 Å². The van der Waals surface area contributed by atoms with E-state index in [1.807, 2.05) is 0 Å². The summed E-state index contributed by atoms with van der Waals surface area (Å²) in [6.07, 6.45) is 0. The molecule has 0 bridgehead atoms. The zero-order chi connectivity index (χ0) is 19.4. The molecule has 7 nitrogen and oxygen atoms in total. The zero-order valence-electron chi connectivity index (χ0n) is 14.4. The van der Waals surface area contributed by atoms with Gasteiger partial charge in [-0.3, -0.25) is 0 Å². The van der Waals surface area contributed by atoms with Gasteiger partial charge in [0, 0.05) is 5.56 Å². The van der Waals surface area contributed by atoms with Crippen LogP contribution in [0.2, 0.25) is 0 Å². The van der Waals surface area contributed by atoms with Gasteiger partial charge in [0.05, 0.1) is 14.2 Å². The number of benzene rings is 2. The quantitative estimate of drug-likeness (QED) is 0.610. The molecule has 140 valence electrons. The summed E-state index contributed by atoms with van der Waals surface area (Å²) in [5.41, 5.74) is -0.203. The third kappa shape index (κ3) is 3.86. The SMILES string of the molecule is COc1ccc(-c2noc(COC(=O)c3c(F)cccc3F)n2)cc1OC. The number of nitrogens with zero attached hydrogens (tertiary/aromatic N) is 2. The van der Waals surface area contributed by atoms with Crippen LogP contribution in [0.4, 0.5) is 8.78 Å². The standard InChI is InChI=1S/C18H14F2N2O5/c1-24-13-7-6-10(8-14(13)25-2)17-21-15(27-22-17)9-26-18(23)16-11(19)4-3-5-12(16)20/h3-8H,9H2,1-2H3. The average molecular weight is 376 g/mol. The van der Waals surface area contributed by atoms with E-state index in [0.717, 1.165) is 18.2 Å². The lowest BCUT2D eigenvalue weighted by atomic mass is 10.2. The number of aromatic nitrogens is 2. The van der Waals surface area contributed by atoms with Crippen LogP contribution < -0.4 is 9.47 Å². The number of hydrogen-bond acceptors (Lipinski definition) is 7. The molecule has 0 aliphatic carbocycles. The molecule has 0 fully saturated rings. The van der Waals surface area contributed by atoms with Gasteiger partial charge in [0.25, 0.3) is 5.89 Å². The molecule has 0 amide bonds. The third-order valence-electron chi connectivity index (χ3n) is 3.60. The second kappa shape index (κ2) is 7.81. The second-order valence-corrected chi connectivity index (χ2v) is 5.25. The van der Waals surface area contributed by atoms with Gasteiger partial charge in [-0.05, 0) is 30.3 Å². The summed E-state index contributed by atoms with van der Waals surface area (Å²) in [4.78, 5) is 16.0. The fourth-order valence-corrected chi connectivity index (χ4v) is 2.30. The van der Waals surface area contributed by atoms with Gasteiger partial charge in [0.2, 0.25) is 5.82 Å². The van der Waals surface area contributed by atoms with E-state index in [9.17, 15) is 13.6 Å². The van der Waals surface area contributed by atoms with Gasteiger partial charge < -0.3 is 18.7 Å². The van der Waals surface area contributed by atoms with Crippen molar-refractivity contribution in [2.24, 2.45) is 0 Å². The van der Waals surface area contributed by atoms with Gasteiger partial charge in [-0.2, -0.15) is 4.98 Å². The molecule has 0 atom stereocenters. The highest BCUT2D eigenvalue weighted by atomic mass is 19.1. The molecule has 0 aliphatic heterocycles. The molecule has 0 saturated carbocycles. The average Bonchev–Trinajstić information content (AvgIpc) is 3.14. The summed E-state index contributed by atoms with van der Waals surface area (Å²) < 4.78 is 47.3. The zero-order valence-corrected chi connectivity index (χ0v) is 14.4. The molecule has 0 aliphatic rings. The first-order valence-electron chi connectivity index (χ1n) is 7.69. The first-order valence-corrected chi connectivity index (χ1v) is 7.69. The van der Waals surface area contributed by atoms with Gasteiger partial charge in [-0.25, -0.2) is 13.6 Å². The molecule has 0 unspecified atom stereocenters. The van der Waals surface area contributed by atoms with Gasteiger partial charge in [-0.15, -0.1) is 0 Å². The molecular weight excluding hydrogens is 362 g/mol. The lowest BCUT2D eigenvalue weighted by molar-refractivity contribution is 0.0418. The fourth-order valence-electron chi connectivity index (χ4n) is 2.30. The van der Waals surface area contributed by atoms with Crippen molar-refractivity contribution in [1.82, 2.24) is 10.1 Å². The lowest BCUT2D eigenvalue weighted by Gasteiger charge is -2.07. The number of hydrogen-bond donors (Lipinski definition) is 0. The lowest BCUT2D eigenvalue weighted by Crippen LogP contribution is -2.10. The highest BCUT2D eigenvalue weighted by Gasteiger charge is 2.20. The van der Waals surface area contributed by atoms with Gasteiger partial charge >= 0.3 is 5.97 Å². The second-order valence-electron chi connectivity index (χ2n) is 5.25. The highest BCUT2D eigenvalue weighted by molar-refractivity contribution is 5.89. The molecule has 3 aromatic rings. The Hall–Kier alpha value is -3.49. The van der Waals surface area contributed by atoms with E-state index in [1.165, 1.54) is 14.2 Å². The van der Waals surface area contributed by atoms with Crippen LogP contribution in [0.3, 0.4) is 0 Å². The molecule has 0 radical (unpaired) electrons. The van der Waals surface area contributed by atoms with E-state index < -0.39 is 29.8 Å². The molecule has 1 aromatic heterocycles. The van der Waals surface area contributed by atoms with Crippen LogP contribution in [0.1, 0.15) is 16.2 Å². The molecule has 0 N–H and O–H groups in total. The summed E-state index contributed by atoms with van der Waals surface area (Å²) in [6.45, 7) is -0.438. The minimum Gasteiger partial charge on any atom is -0.493 e. The van der Waals surface area contributed by atoms with Crippen molar-refractivity contribution >= 4 is 5.97 Å². The van der Waals surface area contributed by atoms with Gasteiger partial charge in [0.15, 0.2) is 18.1 Å². The van der Waals surface area contributed by atoms with Crippen molar-refractivity contribution in [2.45, 2.75) is 6.61 Å². The fraction of sp³-hybridized carbons (Fsp3) is 0.167. The molecule has 27 heavy (non-hydrogen) atoms. The van der Waals surface area contributed by atoms with Crippen molar-refractivity contribution in [1.29, 1.82) is 0 Å². The van der Waals surface area contributed by atoms with Crippen LogP contribution in [0.15, 0.2) is 40.9 Å². The van der Waals surface area contributed by atoms with Crippen LogP contribution in [-0.2, 0) is 11.3 Å². The predicted octanol–water partition coefficient (Wildman–Crippen LogP) is 3.39. The predicted molar refractivity (Wildman–Crippen MR) is 88.3 cm³/mol. The van der Waals surface area contributed by atoms with E-state index in [1.54, 1.807) is 18.2 Å². The Balaban J connectivity index is 1.72. The molecule has 1 heterocycles. The maximum absolute atomic E-state index is 13.6. The van der Waals surface area contributed by atoms with Crippen molar-refractivity contribution in [2.75, 3.05) is 14.2 Å². The van der Waals surface area contributed by atoms with Crippen LogP contribution in [0.5, 0.6) is 11.5 Å². The maximum atomic E-state index is 13.6. The maximum Gasteiger partial charge on any atom is 0.344 e. The van der Waals surface area contributed by atoms with E-state index in [-0.39, 0.29) is 11.7 Å². The number of esters is 1. The Bertz CT molecular complexity index is 954. The smallest absolute Gasteiger partial charge is 0.344 e. The number of halogens is 2. The minimum absolute atomic E-state index is 0.0371. The van der Waals surface area contributed by atoms with Gasteiger partial charge in [-0.1, -0.05) is 11.2 Å². The summed E-state index contributed by atoms with van der Waals surface area (Å²) in [5.74, 6) is -2.01. The van der Waals surface area contributed by atoms with E-state index in [2.05, 4.69) is 10.1 Å². The Morgan fingerprint density at radius 2 is 1.78 bits per heavy atom. The van der Waals surface area contributed by atoms with E-state index in [0.29, 0.717) is 17.1 Å². The van der Waals surface area contributed by atoms with E-state index >= 15 is 0 Å². The monoisotopic (exact) mass is 376 g/mol. The van der Waals surface area contributed by atoms with Crippen LogP contribution >= 0.6 is 0 Å². The molecule has 3 rings (SSSR count). The molecular formula is C18H14F2N2O5. The number of carbonyl (C=O) groups excluding carboxylic acids is 1. The van der Waals surface area contributed by atoms with Crippen molar-refractivity contribution in [3.05, 3.63) is 59.5 Å². The molecule has 9 heteroatoms. The highest BCUT2D eigenvalue weighted by Crippen LogP contribution is 2.31. The van der Waals surface area contributed by atoms with Gasteiger partial charge in [0.1, 0.15) is 17.2 Å². The summed E-state index contributed by atoms with van der Waals surface area (Å²) in [5, 5.41) is 3.78. The summed E-state index contributed by atoms with van der Waals surface area (Å²) in [7, 11) is 3.00. The van der Waals surface area contributed by atoms with Crippen molar-refractivity contribution in [3.8, 4) is 22.9 Å². The normalized spacial score (nSPS) is 10.5. The van der Waals surface area contributed by atoms with Crippen LogP contribution in [-0.4, -0.2) is 30.3 Å². The first-order chi connectivity index (χ1) is 13.0. The summed E-state index contributed by atoms with van der Waals surface area (Å²) in [6, 6.07) is 8.08. The van der Waals surface area contributed by atoms with E-state index in [4.69, 9.17) is 18.7 Å². The first kappa shape index (κ1) is 18.3. The minimum atomic E-state index is -1.17.